The Balaban J connectivity index is 1.69. The van der Waals surface area contributed by atoms with Crippen LogP contribution in [0.15, 0.2) is 47.4 Å². The van der Waals surface area contributed by atoms with Crippen molar-refractivity contribution in [3.8, 4) is 17.1 Å². The predicted octanol–water partition coefficient (Wildman–Crippen LogP) is 7.84. The molecular weight excluding hydrogens is 532 g/mol. The predicted molar refractivity (Wildman–Crippen MR) is 168 cm³/mol. The van der Waals surface area contributed by atoms with Crippen LogP contribution in [0.25, 0.3) is 11.3 Å². The molecule has 7 nitrogen and oxygen atoms in total. The lowest BCUT2D eigenvalue weighted by atomic mass is 9.82. The van der Waals surface area contributed by atoms with Gasteiger partial charge in [0.15, 0.2) is 0 Å². The molecule has 1 aliphatic carbocycles. The van der Waals surface area contributed by atoms with Crippen LogP contribution >= 0.6 is 11.9 Å². The molecule has 0 amide bonds. The molecule has 0 bridgehead atoms. The van der Waals surface area contributed by atoms with Gasteiger partial charge in [0.25, 0.3) is 0 Å². The van der Waals surface area contributed by atoms with Gasteiger partial charge in [0.1, 0.15) is 6.61 Å². The van der Waals surface area contributed by atoms with Gasteiger partial charge in [-0.2, -0.15) is 4.98 Å². The van der Waals surface area contributed by atoms with Crippen molar-refractivity contribution in [3.63, 3.8) is 0 Å². The van der Waals surface area contributed by atoms with Gasteiger partial charge < -0.3 is 15.6 Å². The van der Waals surface area contributed by atoms with Gasteiger partial charge in [0.2, 0.25) is 11.8 Å². The third-order valence-electron chi connectivity index (χ3n) is 7.58. The smallest absolute Gasteiger partial charge is 0.335 e. The highest BCUT2D eigenvalue weighted by atomic mass is 32.2. The topological polar surface area (TPSA) is 110 Å². The molecule has 1 atom stereocenters. The number of ether oxygens (including phenoxy) is 1. The lowest BCUT2D eigenvalue weighted by molar-refractivity contribution is 0.0696. The zero-order chi connectivity index (χ0) is 29.6. The van der Waals surface area contributed by atoms with E-state index in [0.29, 0.717) is 24.4 Å². The first-order valence-electron chi connectivity index (χ1n) is 14.6. The summed E-state index contributed by atoms with van der Waals surface area (Å²) < 4.78 is 9.52. The van der Waals surface area contributed by atoms with Gasteiger partial charge >= 0.3 is 5.97 Å². The van der Waals surface area contributed by atoms with E-state index in [4.69, 9.17) is 20.4 Å². The Morgan fingerprint density at radius 1 is 1.12 bits per heavy atom. The molecule has 220 valence electrons. The number of rotatable bonds is 11. The number of aryl methyl sites for hydroxylation is 1. The van der Waals surface area contributed by atoms with Gasteiger partial charge in [-0.05, 0) is 79.3 Å². The van der Waals surface area contributed by atoms with Crippen LogP contribution in [0.3, 0.4) is 0 Å². The second-order valence-electron chi connectivity index (χ2n) is 12.5. The van der Waals surface area contributed by atoms with Gasteiger partial charge in [-0.15, -0.1) is 0 Å². The Kier molecular flexibility index (Phi) is 10.3. The van der Waals surface area contributed by atoms with Crippen LogP contribution in [0.5, 0.6) is 5.88 Å². The third kappa shape index (κ3) is 8.69. The second kappa shape index (κ2) is 13.7. The van der Waals surface area contributed by atoms with Crippen LogP contribution in [-0.2, 0) is 6.42 Å². The monoisotopic (exact) mass is 576 g/mol. The number of nitrogens with zero attached hydrogens (tertiary/aromatic N) is 2. The zero-order valence-corrected chi connectivity index (χ0v) is 25.8. The van der Waals surface area contributed by atoms with Gasteiger partial charge in [0, 0.05) is 22.1 Å². The number of hydrogen-bond acceptors (Lipinski definition) is 7. The lowest BCUT2D eigenvalue weighted by Gasteiger charge is -2.25. The number of carbonyl (C=O) groups is 1. The SMILES string of the molecule is Cc1cccc(CC2CCCCC2)c1-c1nc(NSc2cccc(C(=O)O)c2)nc(OC[C@H](N)CC(C)(C)C)c1C. The van der Waals surface area contributed by atoms with Gasteiger partial charge in [-0.1, -0.05) is 77.1 Å². The molecule has 0 unspecified atom stereocenters. The quantitative estimate of drug-likeness (QED) is 0.198. The van der Waals surface area contributed by atoms with E-state index in [-0.39, 0.29) is 17.0 Å². The van der Waals surface area contributed by atoms with Crippen molar-refractivity contribution in [2.45, 2.75) is 90.5 Å². The summed E-state index contributed by atoms with van der Waals surface area (Å²) in [5.41, 5.74) is 12.1. The Morgan fingerprint density at radius 3 is 2.56 bits per heavy atom. The second-order valence-corrected chi connectivity index (χ2v) is 13.4. The van der Waals surface area contributed by atoms with E-state index in [1.165, 1.54) is 55.2 Å². The van der Waals surface area contributed by atoms with Crippen LogP contribution in [0.2, 0.25) is 0 Å². The molecule has 1 aromatic heterocycles. The number of nitrogens with two attached hydrogens (primary N) is 1. The number of aromatic carboxylic acids is 1. The maximum absolute atomic E-state index is 11.5. The summed E-state index contributed by atoms with van der Waals surface area (Å²) in [6.45, 7) is 11.0. The molecule has 4 rings (SSSR count). The Labute approximate surface area is 248 Å². The van der Waals surface area contributed by atoms with Gasteiger partial charge in [-0.25, -0.2) is 9.78 Å². The maximum Gasteiger partial charge on any atom is 0.335 e. The number of carboxylic acid groups (broad SMARTS) is 1. The van der Waals surface area contributed by atoms with Crippen molar-refractivity contribution in [3.05, 3.63) is 64.7 Å². The van der Waals surface area contributed by atoms with Gasteiger partial charge in [0.05, 0.1) is 11.3 Å². The summed E-state index contributed by atoms with van der Waals surface area (Å²) >= 11 is 1.27. The fourth-order valence-electron chi connectivity index (χ4n) is 5.69. The van der Waals surface area contributed by atoms with Crippen LogP contribution in [0.4, 0.5) is 5.95 Å². The molecule has 3 aromatic rings. The zero-order valence-electron chi connectivity index (χ0n) is 25.0. The Bertz CT molecular complexity index is 1350. The van der Waals surface area contributed by atoms with Crippen LogP contribution in [-0.4, -0.2) is 33.7 Å². The summed E-state index contributed by atoms with van der Waals surface area (Å²) in [7, 11) is 0. The van der Waals surface area contributed by atoms with E-state index in [9.17, 15) is 9.90 Å². The molecule has 1 heterocycles. The minimum absolute atomic E-state index is 0.0949. The molecule has 41 heavy (non-hydrogen) atoms. The fourth-order valence-corrected chi connectivity index (χ4v) is 6.33. The number of aromatic nitrogens is 2. The van der Waals surface area contributed by atoms with Crippen molar-refractivity contribution < 1.29 is 14.6 Å². The number of nitrogens with one attached hydrogen (secondary N) is 1. The van der Waals surface area contributed by atoms with E-state index in [1.807, 2.05) is 13.0 Å². The highest BCUT2D eigenvalue weighted by molar-refractivity contribution is 8.00. The highest BCUT2D eigenvalue weighted by Crippen LogP contribution is 2.37. The Morgan fingerprint density at radius 2 is 1.85 bits per heavy atom. The molecule has 1 aliphatic rings. The summed E-state index contributed by atoms with van der Waals surface area (Å²) in [5.74, 6) is 0.636. The van der Waals surface area contributed by atoms with Crippen LogP contribution in [0, 0.1) is 25.2 Å². The Hall–Kier alpha value is -3.10. The molecule has 1 saturated carbocycles. The van der Waals surface area contributed by atoms with Crippen molar-refractivity contribution in [1.82, 2.24) is 9.97 Å². The summed E-state index contributed by atoms with van der Waals surface area (Å²) in [6, 6.07) is 13.2. The summed E-state index contributed by atoms with van der Waals surface area (Å²) in [6.07, 6.45) is 8.35. The first-order valence-corrected chi connectivity index (χ1v) is 15.4. The van der Waals surface area contributed by atoms with E-state index >= 15 is 0 Å². The third-order valence-corrected chi connectivity index (χ3v) is 8.35. The number of benzene rings is 2. The molecule has 1 fully saturated rings. The molecule has 8 heteroatoms. The van der Waals surface area contributed by atoms with Crippen molar-refractivity contribution in [2.75, 3.05) is 11.3 Å². The average Bonchev–Trinajstić information content (AvgIpc) is 2.92. The molecule has 0 spiro atoms. The van der Waals surface area contributed by atoms with Crippen molar-refractivity contribution >= 4 is 23.9 Å². The minimum Gasteiger partial charge on any atom is -0.478 e. The molecule has 0 saturated heterocycles. The minimum atomic E-state index is -0.964. The summed E-state index contributed by atoms with van der Waals surface area (Å²) in [5, 5.41) is 9.39. The van der Waals surface area contributed by atoms with Crippen molar-refractivity contribution in [1.29, 1.82) is 0 Å². The van der Waals surface area contributed by atoms with Crippen LogP contribution < -0.4 is 15.2 Å². The van der Waals surface area contributed by atoms with E-state index < -0.39 is 5.97 Å². The molecular formula is C33H44N4O3S. The molecule has 0 aliphatic heterocycles. The lowest BCUT2D eigenvalue weighted by Crippen LogP contribution is -2.32. The molecule has 0 radical (unpaired) electrons. The largest absolute Gasteiger partial charge is 0.478 e. The van der Waals surface area contributed by atoms with E-state index in [1.54, 1.807) is 18.2 Å². The molecule has 4 N–H and O–H groups in total. The normalized spacial score (nSPS) is 15.0. The molecule has 2 aromatic carbocycles. The number of hydrogen-bond donors (Lipinski definition) is 3. The van der Waals surface area contributed by atoms with Crippen molar-refractivity contribution in [2.24, 2.45) is 17.1 Å². The first kappa shape index (κ1) is 30.8. The van der Waals surface area contributed by atoms with Gasteiger partial charge in [-0.3, -0.25) is 4.72 Å². The number of carboxylic acids is 1. The number of anilines is 1. The fraction of sp³-hybridized carbons (Fsp3) is 0.485. The first-order chi connectivity index (χ1) is 19.5. The standard InChI is InChI=1S/C33H44N4O3S/c1-21-11-9-14-24(17-23-12-7-6-8-13-23)28(21)29-22(2)30(40-20-26(34)19-33(3,4)5)36-32(35-29)37-41-27-16-10-15-25(18-27)31(38)39/h9-11,14-16,18,23,26H,6-8,12-13,17,19-20,34H2,1-5H3,(H,38,39)(H,35,36,37)/t26-/m1/s1. The maximum atomic E-state index is 11.5. The van der Waals surface area contributed by atoms with E-state index in [0.717, 1.165) is 34.6 Å². The van der Waals surface area contributed by atoms with Crippen LogP contribution in [0.1, 0.15) is 86.3 Å². The average molecular weight is 577 g/mol. The highest BCUT2D eigenvalue weighted by Gasteiger charge is 2.23. The summed E-state index contributed by atoms with van der Waals surface area (Å²) in [4.78, 5) is 21.9. The van der Waals surface area contributed by atoms with E-state index in [2.05, 4.69) is 50.6 Å².